The van der Waals surface area contributed by atoms with Crippen molar-refractivity contribution in [3.63, 3.8) is 0 Å². The summed E-state index contributed by atoms with van der Waals surface area (Å²) < 4.78 is 8.92. The Balaban J connectivity index is 1.46. The maximum absolute atomic E-state index is 6.14. The van der Waals surface area contributed by atoms with Crippen LogP contribution in [0.3, 0.4) is 0 Å². The average molecular weight is 1000 g/mol. The molecule has 2 unspecified atom stereocenters. The van der Waals surface area contributed by atoms with Crippen molar-refractivity contribution in [2.45, 2.75) is 121 Å². The predicted octanol–water partition coefficient (Wildman–Crippen LogP) is 15.1. The third-order valence-corrected chi connectivity index (χ3v) is 73.7. The molecular formula is C60H72HfSi. The van der Waals surface area contributed by atoms with Gasteiger partial charge in [0.05, 0.1) is 0 Å². The SMILES string of the molecule is CC(C)(C)c1cc(-c2cccc3c2C=C[CH]3[Hf]([CH3])([CH3])(=[SiH2])([c]2ccccc2)([c]2ccccc2)[CH]2C=Cc3c(-c4cc(C(C)(C)C)cc(C(C)(C)C)c4)cccc32)cc(C(C)(C)C)c1. The molecule has 320 valence electrons. The summed E-state index contributed by atoms with van der Waals surface area (Å²) in [5, 5.41) is 0. The number of allylic oxidation sites excluding steroid dienone is 2. The second-order valence-electron chi connectivity index (χ2n) is 25.6. The first-order valence-electron chi connectivity index (χ1n) is 23.2. The van der Waals surface area contributed by atoms with E-state index in [1.807, 2.05) is 0 Å². The second kappa shape index (κ2) is 13.5. The Labute approximate surface area is 371 Å². The van der Waals surface area contributed by atoms with Gasteiger partial charge in [-0.05, 0) is 0 Å². The fraction of sp³-hybridized carbons (Fsp3) is 0.333. The molecule has 62 heavy (non-hydrogen) atoms. The fourth-order valence-electron chi connectivity index (χ4n) is 12.0. The molecule has 0 nitrogen and oxygen atoms in total. The first-order valence-corrected chi connectivity index (χ1v) is 46.4. The van der Waals surface area contributed by atoms with Crippen LogP contribution in [0.1, 0.15) is 135 Å². The van der Waals surface area contributed by atoms with Crippen molar-refractivity contribution in [2.24, 2.45) is 0 Å². The Hall–Kier alpha value is -4.11. The number of benzene rings is 6. The van der Waals surface area contributed by atoms with E-state index in [0.29, 0.717) is 0 Å². The van der Waals surface area contributed by atoms with Crippen LogP contribution in [0.4, 0.5) is 0 Å². The first-order chi connectivity index (χ1) is 28.6. The van der Waals surface area contributed by atoms with Crippen molar-refractivity contribution >= 4 is 25.7 Å². The summed E-state index contributed by atoms with van der Waals surface area (Å²) in [6.45, 7) is 30.6. The molecule has 2 heteroatoms. The number of rotatable bonds is 6. The molecule has 0 spiro atoms. The monoisotopic (exact) mass is 1000 g/mol. The van der Waals surface area contributed by atoms with Crippen molar-refractivity contribution < 1.29 is 14.2 Å². The molecule has 6 aromatic carbocycles. The normalized spacial score (nSPS) is 18.4. The van der Waals surface area contributed by atoms with E-state index in [0.717, 1.165) is 0 Å². The standard InChI is InChI=1S/2C23H27.2C6H5.2CH3.Hf.H2Si/c2*1-22(2,3)18-13-17(14-19(15-18)23(4,5)6)21-12-8-10-16-9-7-11-20(16)21;2*1-2-4-6-5-3-1;;;;/h2*7-15H,1-6H3;2*1-5H;2*1H3;;1H2. The van der Waals surface area contributed by atoms with E-state index in [1.165, 1.54) is 73.4 Å². The Morgan fingerprint density at radius 3 is 0.984 bits per heavy atom. The van der Waals surface area contributed by atoms with Gasteiger partial charge in [0.1, 0.15) is 0 Å². The number of hydrogen-bond donors (Lipinski definition) is 0. The number of fused-ring (bicyclic) bond motifs is 2. The summed E-state index contributed by atoms with van der Waals surface area (Å²) >= 11 is -6.14. The Bertz CT molecular complexity index is 2690. The molecule has 0 bridgehead atoms. The molecule has 8 rings (SSSR count). The van der Waals surface area contributed by atoms with Crippen LogP contribution in [-0.4, -0.2) is 6.94 Å². The van der Waals surface area contributed by atoms with Crippen LogP contribution >= 0.6 is 0 Å². The van der Waals surface area contributed by atoms with Crippen LogP contribution in [0.25, 0.3) is 34.4 Å². The topological polar surface area (TPSA) is 0 Å². The minimum atomic E-state index is -6.14. The van der Waals surface area contributed by atoms with Crippen molar-refractivity contribution in [1.29, 1.82) is 0 Å². The summed E-state index contributed by atoms with van der Waals surface area (Å²) in [6.07, 6.45) is 10.3. The van der Waals surface area contributed by atoms with Crippen LogP contribution < -0.4 is 6.64 Å². The molecule has 0 amide bonds. The second-order valence-corrected chi connectivity index (χ2v) is 94.2. The molecule has 0 N–H and O–H groups in total. The van der Waals surface area contributed by atoms with Gasteiger partial charge in [-0.15, -0.1) is 0 Å². The Morgan fingerprint density at radius 2 is 0.694 bits per heavy atom. The molecule has 0 aromatic heterocycles. The molecule has 0 fully saturated rings. The van der Waals surface area contributed by atoms with Crippen LogP contribution in [0.2, 0.25) is 9.36 Å². The third-order valence-electron chi connectivity index (χ3n) is 16.5. The van der Waals surface area contributed by atoms with Crippen LogP contribution in [-0.2, 0) is 35.8 Å². The van der Waals surface area contributed by atoms with Crippen molar-refractivity contribution in [2.75, 3.05) is 0 Å². The molecule has 2 aliphatic carbocycles. The molecule has 0 aliphatic heterocycles. The van der Waals surface area contributed by atoms with Gasteiger partial charge in [-0.1, -0.05) is 0 Å². The average Bonchev–Trinajstić information content (AvgIpc) is 3.88. The molecule has 0 saturated carbocycles. The quantitative estimate of drug-likeness (QED) is 0.146. The van der Waals surface area contributed by atoms with Gasteiger partial charge >= 0.3 is 374 Å². The van der Waals surface area contributed by atoms with E-state index < -0.39 is 14.2 Å². The molecular weight excluding hydrogens is 927 g/mol. The van der Waals surface area contributed by atoms with Crippen LogP contribution in [0.5, 0.6) is 0 Å². The minimum absolute atomic E-state index is 0.0248. The summed E-state index contributed by atoms with van der Waals surface area (Å²) in [5.41, 5.74) is 16.6. The van der Waals surface area contributed by atoms with Crippen molar-refractivity contribution in [3.05, 3.63) is 190 Å². The summed E-state index contributed by atoms with van der Waals surface area (Å²) in [6, 6.07) is 52.8. The van der Waals surface area contributed by atoms with E-state index in [4.69, 9.17) is 0 Å². The van der Waals surface area contributed by atoms with E-state index in [1.54, 1.807) is 0 Å². The molecule has 0 saturated heterocycles. The summed E-state index contributed by atoms with van der Waals surface area (Å²) in [4.78, 5) is 0. The zero-order valence-electron chi connectivity index (χ0n) is 40.4. The summed E-state index contributed by atoms with van der Waals surface area (Å²) in [5.74, 6) is 0. The van der Waals surface area contributed by atoms with Gasteiger partial charge in [0.2, 0.25) is 0 Å². The van der Waals surface area contributed by atoms with E-state index in [-0.39, 0.29) is 29.0 Å². The zero-order chi connectivity index (χ0) is 45.0. The van der Waals surface area contributed by atoms with Gasteiger partial charge in [0.15, 0.2) is 0 Å². The van der Waals surface area contributed by atoms with Crippen LogP contribution in [0, 0.1) is 0 Å². The molecule has 2 aliphatic rings. The Kier molecular flexibility index (Phi) is 9.66. The molecule has 0 heterocycles. The van der Waals surface area contributed by atoms with Crippen molar-refractivity contribution in [1.82, 2.24) is 0 Å². The zero-order valence-corrected chi connectivity index (χ0v) is 45.4. The van der Waals surface area contributed by atoms with Crippen LogP contribution in [0.15, 0.2) is 146 Å². The third kappa shape index (κ3) is 6.42. The number of hydrogen-bond acceptors (Lipinski definition) is 0. The maximum atomic E-state index is 2.83. The van der Waals surface area contributed by atoms with Gasteiger partial charge in [-0.25, -0.2) is 0 Å². The first kappa shape index (κ1) is 44.5. The predicted molar refractivity (Wildman–Crippen MR) is 275 cm³/mol. The van der Waals surface area contributed by atoms with Gasteiger partial charge in [-0.3, -0.25) is 0 Å². The Morgan fingerprint density at radius 1 is 0.387 bits per heavy atom. The van der Waals surface area contributed by atoms with Gasteiger partial charge < -0.3 is 0 Å². The van der Waals surface area contributed by atoms with E-state index in [2.05, 4.69) is 257 Å². The van der Waals surface area contributed by atoms with Crippen molar-refractivity contribution in [3.8, 4) is 22.3 Å². The fourth-order valence-corrected chi connectivity index (χ4v) is 59.3. The van der Waals surface area contributed by atoms with E-state index >= 15 is 0 Å². The van der Waals surface area contributed by atoms with E-state index in [9.17, 15) is 0 Å². The van der Waals surface area contributed by atoms with Gasteiger partial charge in [-0.2, -0.15) is 0 Å². The van der Waals surface area contributed by atoms with Gasteiger partial charge in [0.25, 0.3) is 0 Å². The molecule has 0 radical (unpaired) electrons. The molecule has 2 atom stereocenters. The molecule has 6 aromatic rings. The van der Waals surface area contributed by atoms with Gasteiger partial charge in [0, 0.05) is 0 Å². The summed E-state index contributed by atoms with van der Waals surface area (Å²) in [7, 11) is 0.